The van der Waals surface area contributed by atoms with Crippen molar-refractivity contribution in [1.29, 1.82) is 0 Å². The first kappa shape index (κ1) is 11.8. The van der Waals surface area contributed by atoms with E-state index in [0.29, 0.717) is 24.5 Å². The molecule has 0 radical (unpaired) electrons. The predicted molar refractivity (Wildman–Crippen MR) is 60.9 cm³/mol. The maximum atomic E-state index is 11.4. The molecule has 0 saturated heterocycles. The molecule has 0 aliphatic carbocycles. The minimum Gasteiger partial charge on any atom is -0.508 e. The largest absolute Gasteiger partial charge is 0.508 e. The van der Waals surface area contributed by atoms with Gasteiger partial charge in [-0.25, -0.2) is 0 Å². The fraction of sp³-hybridized carbons (Fsp3) is 0.462. The molecule has 0 aliphatic rings. The minimum absolute atomic E-state index is 0.271. The molecule has 0 spiro atoms. The molecule has 0 aliphatic heterocycles. The number of phenolic OH excluding ortho intramolecular Hbond substituents is 1. The summed E-state index contributed by atoms with van der Waals surface area (Å²) in [6.45, 7) is 4.11. The fourth-order valence-corrected chi connectivity index (χ4v) is 1.50. The second kappa shape index (κ2) is 5.54. The molecule has 0 fully saturated rings. The van der Waals surface area contributed by atoms with Gasteiger partial charge in [-0.1, -0.05) is 26.0 Å². The molecule has 82 valence electrons. The lowest BCUT2D eigenvalue weighted by Gasteiger charge is -2.04. The zero-order chi connectivity index (χ0) is 11.3. The van der Waals surface area contributed by atoms with Crippen LogP contribution in [-0.4, -0.2) is 10.9 Å². The number of hydrogen-bond donors (Lipinski definition) is 1. The van der Waals surface area contributed by atoms with Crippen LogP contribution in [0.25, 0.3) is 0 Å². The number of benzene rings is 1. The lowest BCUT2D eigenvalue weighted by atomic mass is 10.0. The summed E-state index contributed by atoms with van der Waals surface area (Å²) >= 11 is 0. The van der Waals surface area contributed by atoms with E-state index in [2.05, 4.69) is 13.8 Å². The highest BCUT2D eigenvalue weighted by Gasteiger charge is 2.05. The van der Waals surface area contributed by atoms with Gasteiger partial charge in [-0.3, -0.25) is 4.79 Å². The smallest absolute Gasteiger partial charge is 0.133 e. The van der Waals surface area contributed by atoms with Crippen molar-refractivity contribution in [2.75, 3.05) is 0 Å². The second-order valence-electron chi connectivity index (χ2n) is 4.30. The number of rotatable bonds is 5. The number of Topliss-reactive ketones (excluding diaryl/α,β-unsaturated/α-hetero) is 1. The third-order valence-electron chi connectivity index (χ3n) is 2.26. The van der Waals surface area contributed by atoms with E-state index in [-0.39, 0.29) is 5.75 Å². The maximum absolute atomic E-state index is 11.4. The summed E-state index contributed by atoms with van der Waals surface area (Å²) in [6.07, 6.45) is 2.03. The lowest BCUT2D eigenvalue weighted by Crippen LogP contribution is -2.04. The van der Waals surface area contributed by atoms with Crippen molar-refractivity contribution in [3.63, 3.8) is 0 Å². The number of aryl methyl sites for hydroxylation is 1. The molecule has 2 nitrogen and oxygen atoms in total. The summed E-state index contributed by atoms with van der Waals surface area (Å²) in [5, 5.41) is 9.09. The van der Waals surface area contributed by atoms with Crippen LogP contribution >= 0.6 is 0 Å². The van der Waals surface area contributed by atoms with Crippen LogP contribution < -0.4 is 0 Å². The van der Waals surface area contributed by atoms with Crippen LogP contribution in [0.4, 0.5) is 0 Å². The first-order chi connectivity index (χ1) is 7.08. The number of carbonyl (C=O) groups is 1. The SMILES string of the molecule is CC(C)CC(=O)CCc1ccc(O)cc1. The van der Waals surface area contributed by atoms with Crippen LogP contribution in [0.1, 0.15) is 32.3 Å². The molecule has 1 rings (SSSR count). The monoisotopic (exact) mass is 206 g/mol. The first-order valence-corrected chi connectivity index (χ1v) is 5.37. The summed E-state index contributed by atoms with van der Waals surface area (Å²) in [7, 11) is 0. The average Bonchev–Trinajstić information content (AvgIpc) is 2.16. The van der Waals surface area contributed by atoms with Crippen molar-refractivity contribution in [1.82, 2.24) is 0 Å². The van der Waals surface area contributed by atoms with Crippen molar-refractivity contribution in [2.45, 2.75) is 33.1 Å². The predicted octanol–water partition coefficient (Wildman–Crippen LogP) is 2.94. The van der Waals surface area contributed by atoms with E-state index < -0.39 is 0 Å². The number of aromatic hydroxyl groups is 1. The van der Waals surface area contributed by atoms with Crippen LogP contribution in [0.15, 0.2) is 24.3 Å². The molecule has 15 heavy (non-hydrogen) atoms. The highest BCUT2D eigenvalue weighted by Crippen LogP contribution is 2.12. The molecule has 0 unspecified atom stereocenters. The normalized spacial score (nSPS) is 10.6. The van der Waals surface area contributed by atoms with Crippen LogP contribution in [0.5, 0.6) is 5.75 Å². The van der Waals surface area contributed by atoms with Crippen LogP contribution in [0.2, 0.25) is 0 Å². The van der Waals surface area contributed by atoms with Gasteiger partial charge in [0.15, 0.2) is 0 Å². The van der Waals surface area contributed by atoms with Gasteiger partial charge < -0.3 is 5.11 Å². The molecule has 0 atom stereocenters. The number of ketones is 1. The highest BCUT2D eigenvalue weighted by molar-refractivity contribution is 5.78. The third-order valence-corrected chi connectivity index (χ3v) is 2.26. The Morgan fingerprint density at radius 2 is 1.87 bits per heavy atom. The van der Waals surface area contributed by atoms with Gasteiger partial charge in [-0.05, 0) is 30.0 Å². The zero-order valence-electron chi connectivity index (χ0n) is 9.36. The van der Waals surface area contributed by atoms with Crippen molar-refractivity contribution >= 4 is 5.78 Å². The van der Waals surface area contributed by atoms with E-state index in [0.717, 1.165) is 12.0 Å². The van der Waals surface area contributed by atoms with Gasteiger partial charge in [-0.15, -0.1) is 0 Å². The van der Waals surface area contributed by atoms with E-state index in [1.165, 1.54) is 0 Å². The van der Waals surface area contributed by atoms with Gasteiger partial charge in [0.2, 0.25) is 0 Å². The second-order valence-corrected chi connectivity index (χ2v) is 4.30. The number of phenols is 1. The molecule has 1 aromatic rings. The lowest BCUT2D eigenvalue weighted by molar-refractivity contribution is -0.119. The van der Waals surface area contributed by atoms with E-state index >= 15 is 0 Å². The Hall–Kier alpha value is -1.31. The minimum atomic E-state index is 0.271. The topological polar surface area (TPSA) is 37.3 Å². The van der Waals surface area contributed by atoms with Crippen LogP contribution in [0, 0.1) is 5.92 Å². The molecular formula is C13H18O2. The van der Waals surface area contributed by atoms with Crippen molar-refractivity contribution in [3.05, 3.63) is 29.8 Å². The quantitative estimate of drug-likeness (QED) is 0.804. The maximum Gasteiger partial charge on any atom is 0.133 e. The summed E-state index contributed by atoms with van der Waals surface area (Å²) in [6, 6.07) is 7.03. The molecular weight excluding hydrogens is 188 g/mol. The molecule has 1 N–H and O–H groups in total. The molecule has 0 saturated carbocycles. The van der Waals surface area contributed by atoms with Gasteiger partial charge in [0.05, 0.1) is 0 Å². The summed E-state index contributed by atoms with van der Waals surface area (Å²) in [5.41, 5.74) is 1.10. The van der Waals surface area contributed by atoms with Gasteiger partial charge in [-0.2, -0.15) is 0 Å². The van der Waals surface area contributed by atoms with Crippen LogP contribution in [0.3, 0.4) is 0 Å². The fourth-order valence-electron chi connectivity index (χ4n) is 1.50. The summed E-state index contributed by atoms with van der Waals surface area (Å²) < 4.78 is 0. The Morgan fingerprint density at radius 1 is 1.27 bits per heavy atom. The van der Waals surface area contributed by atoms with Crippen molar-refractivity contribution in [2.24, 2.45) is 5.92 Å². The Labute approximate surface area is 90.9 Å². The number of hydrogen-bond acceptors (Lipinski definition) is 2. The highest BCUT2D eigenvalue weighted by atomic mass is 16.3. The van der Waals surface area contributed by atoms with Gasteiger partial charge in [0.1, 0.15) is 11.5 Å². The molecule has 0 amide bonds. The molecule has 0 aromatic heterocycles. The summed E-state index contributed by atoms with van der Waals surface area (Å²) in [5.74, 6) is 1.03. The van der Waals surface area contributed by atoms with E-state index in [9.17, 15) is 4.79 Å². The number of carbonyl (C=O) groups excluding carboxylic acids is 1. The van der Waals surface area contributed by atoms with Crippen LogP contribution in [-0.2, 0) is 11.2 Å². The Kier molecular flexibility index (Phi) is 4.35. The Balaban J connectivity index is 2.37. The zero-order valence-corrected chi connectivity index (χ0v) is 9.36. The molecule has 1 aromatic carbocycles. The van der Waals surface area contributed by atoms with E-state index in [4.69, 9.17) is 5.11 Å². The molecule has 0 heterocycles. The van der Waals surface area contributed by atoms with Crippen molar-refractivity contribution in [3.8, 4) is 5.75 Å². The Morgan fingerprint density at radius 3 is 2.40 bits per heavy atom. The summed E-state index contributed by atoms with van der Waals surface area (Å²) in [4.78, 5) is 11.4. The average molecular weight is 206 g/mol. The van der Waals surface area contributed by atoms with E-state index in [1.807, 2.05) is 12.1 Å². The van der Waals surface area contributed by atoms with E-state index in [1.54, 1.807) is 12.1 Å². The van der Waals surface area contributed by atoms with Gasteiger partial charge >= 0.3 is 0 Å². The van der Waals surface area contributed by atoms with Crippen molar-refractivity contribution < 1.29 is 9.90 Å². The Bertz CT molecular complexity index is 312. The standard InChI is InChI=1S/C13H18O2/c1-10(2)9-13(15)8-5-11-3-6-12(14)7-4-11/h3-4,6-7,10,14H,5,8-9H2,1-2H3. The first-order valence-electron chi connectivity index (χ1n) is 5.37. The molecule has 0 bridgehead atoms. The van der Waals surface area contributed by atoms with Gasteiger partial charge in [0.25, 0.3) is 0 Å². The third kappa shape index (κ3) is 4.63. The van der Waals surface area contributed by atoms with Gasteiger partial charge in [0, 0.05) is 12.8 Å². The molecule has 2 heteroatoms.